The number of nitrogens with zero attached hydrogens (tertiary/aromatic N) is 2. The second-order valence-corrected chi connectivity index (χ2v) is 6.98. The number of likely N-dealkylation sites (tertiary alicyclic amines) is 1. The van der Waals surface area contributed by atoms with Crippen LogP contribution in [0, 0.1) is 0 Å². The van der Waals surface area contributed by atoms with Gasteiger partial charge < -0.3 is 10.2 Å². The molecule has 24 heavy (non-hydrogen) atoms. The van der Waals surface area contributed by atoms with Crippen molar-refractivity contribution in [1.82, 2.24) is 15.2 Å². The third-order valence-electron chi connectivity index (χ3n) is 5.08. The molecule has 0 spiro atoms. The van der Waals surface area contributed by atoms with E-state index < -0.39 is 0 Å². The number of nitrogens with one attached hydrogen (secondary N) is 1. The maximum atomic E-state index is 12.7. The predicted octanol–water partition coefficient (Wildman–Crippen LogP) is 3.16. The molecule has 1 N–H and O–H groups in total. The van der Waals surface area contributed by atoms with E-state index >= 15 is 0 Å². The molecule has 1 aliphatic heterocycles. The molecule has 130 valence electrons. The molecule has 0 aromatic carbocycles. The van der Waals surface area contributed by atoms with Gasteiger partial charge in [-0.1, -0.05) is 32.1 Å². The van der Waals surface area contributed by atoms with Crippen molar-refractivity contribution < 1.29 is 9.59 Å². The molecular formula is C19H27N3O2. The van der Waals surface area contributed by atoms with Crippen molar-refractivity contribution in [2.45, 2.75) is 63.8 Å². The van der Waals surface area contributed by atoms with Crippen LogP contribution >= 0.6 is 0 Å². The highest BCUT2D eigenvalue weighted by Gasteiger charge is 2.20. The lowest BCUT2D eigenvalue weighted by molar-refractivity contribution is 0.0761. The van der Waals surface area contributed by atoms with Crippen LogP contribution in [0.4, 0.5) is 0 Å². The summed E-state index contributed by atoms with van der Waals surface area (Å²) >= 11 is 0. The number of hydrogen-bond acceptors (Lipinski definition) is 3. The van der Waals surface area contributed by atoms with E-state index in [0.717, 1.165) is 38.8 Å². The molecule has 0 bridgehead atoms. The van der Waals surface area contributed by atoms with Crippen LogP contribution in [0.15, 0.2) is 18.5 Å². The summed E-state index contributed by atoms with van der Waals surface area (Å²) in [4.78, 5) is 31.1. The fraction of sp³-hybridized carbons (Fsp3) is 0.632. The predicted molar refractivity (Wildman–Crippen MR) is 92.9 cm³/mol. The zero-order valence-corrected chi connectivity index (χ0v) is 14.3. The Hall–Kier alpha value is -1.91. The van der Waals surface area contributed by atoms with Crippen LogP contribution in [0.1, 0.15) is 78.5 Å². The molecule has 2 heterocycles. The van der Waals surface area contributed by atoms with Crippen molar-refractivity contribution in [3.05, 3.63) is 29.6 Å². The average molecular weight is 329 g/mol. The van der Waals surface area contributed by atoms with Crippen LogP contribution in [0.2, 0.25) is 0 Å². The van der Waals surface area contributed by atoms with Gasteiger partial charge in [-0.2, -0.15) is 0 Å². The van der Waals surface area contributed by atoms with Gasteiger partial charge >= 0.3 is 0 Å². The first kappa shape index (κ1) is 16.9. The number of carbonyl (C=O) groups excluding carboxylic acids is 2. The van der Waals surface area contributed by atoms with Crippen LogP contribution < -0.4 is 5.32 Å². The highest BCUT2D eigenvalue weighted by Crippen LogP contribution is 2.18. The fourth-order valence-electron chi connectivity index (χ4n) is 3.65. The molecule has 1 aliphatic carbocycles. The molecule has 1 saturated carbocycles. The molecule has 1 aromatic heterocycles. The smallest absolute Gasteiger partial charge is 0.255 e. The van der Waals surface area contributed by atoms with Gasteiger partial charge in [-0.15, -0.1) is 0 Å². The first-order chi connectivity index (χ1) is 11.7. The van der Waals surface area contributed by atoms with Crippen molar-refractivity contribution in [3.63, 3.8) is 0 Å². The Bertz CT molecular complexity index is 574. The number of hydrogen-bond donors (Lipinski definition) is 1. The minimum atomic E-state index is -0.111. The lowest BCUT2D eigenvalue weighted by Crippen LogP contribution is -2.36. The lowest BCUT2D eigenvalue weighted by atomic mass is 9.95. The van der Waals surface area contributed by atoms with Gasteiger partial charge in [0.2, 0.25) is 0 Å². The molecule has 5 heteroatoms. The standard InChI is InChI=1S/C19H27N3O2/c23-18(21-17-8-4-3-5-9-17)15-12-16(14-20-13-15)19(24)22-10-6-1-2-7-11-22/h12-14,17H,1-11H2,(H,21,23). The van der Waals surface area contributed by atoms with Crippen LogP contribution in [0.3, 0.4) is 0 Å². The number of rotatable bonds is 3. The molecule has 1 saturated heterocycles. The Labute approximate surface area is 143 Å². The Morgan fingerprint density at radius 2 is 1.54 bits per heavy atom. The Morgan fingerprint density at radius 1 is 0.917 bits per heavy atom. The monoisotopic (exact) mass is 329 g/mol. The third kappa shape index (κ3) is 4.34. The topological polar surface area (TPSA) is 62.3 Å². The second kappa shape index (κ2) is 8.27. The number of carbonyl (C=O) groups is 2. The van der Waals surface area contributed by atoms with Gasteiger partial charge in [0.1, 0.15) is 0 Å². The summed E-state index contributed by atoms with van der Waals surface area (Å²) in [6, 6.07) is 1.95. The highest BCUT2D eigenvalue weighted by atomic mass is 16.2. The normalized spacial score (nSPS) is 19.6. The van der Waals surface area contributed by atoms with E-state index in [4.69, 9.17) is 0 Å². The van der Waals surface area contributed by atoms with E-state index in [1.807, 2.05) is 4.90 Å². The quantitative estimate of drug-likeness (QED) is 0.926. The molecule has 0 atom stereocenters. The largest absolute Gasteiger partial charge is 0.349 e. The third-order valence-corrected chi connectivity index (χ3v) is 5.08. The summed E-state index contributed by atoms with van der Waals surface area (Å²) in [7, 11) is 0. The van der Waals surface area contributed by atoms with Crippen LogP contribution in [-0.4, -0.2) is 40.8 Å². The van der Waals surface area contributed by atoms with Gasteiger partial charge in [-0.05, 0) is 31.7 Å². The average Bonchev–Trinajstić information content (AvgIpc) is 2.91. The summed E-state index contributed by atoms with van der Waals surface area (Å²) in [5.74, 6) is -0.114. The minimum Gasteiger partial charge on any atom is -0.349 e. The summed E-state index contributed by atoms with van der Waals surface area (Å²) < 4.78 is 0. The minimum absolute atomic E-state index is 0.00304. The lowest BCUT2D eigenvalue weighted by Gasteiger charge is -2.23. The molecule has 0 radical (unpaired) electrons. The van der Waals surface area contributed by atoms with Crippen LogP contribution in [-0.2, 0) is 0 Å². The summed E-state index contributed by atoms with van der Waals surface area (Å²) in [6.07, 6.45) is 13.3. The molecule has 2 amide bonds. The van der Waals surface area contributed by atoms with E-state index in [1.165, 1.54) is 32.1 Å². The molecule has 0 unspecified atom stereocenters. The van der Waals surface area contributed by atoms with Crippen LogP contribution in [0.25, 0.3) is 0 Å². The van der Waals surface area contributed by atoms with Gasteiger partial charge in [-0.25, -0.2) is 0 Å². The fourth-order valence-corrected chi connectivity index (χ4v) is 3.65. The molecule has 2 fully saturated rings. The van der Waals surface area contributed by atoms with Crippen molar-refractivity contribution in [1.29, 1.82) is 0 Å². The van der Waals surface area contributed by atoms with Gasteiger partial charge in [0, 0.05) is 31.5 Å². The maximum Gasteiger partial charge on any atom is 0.255 e. The zero-order chi connectivity index (χ0) is 16.8. The number of amides is 2. The van der Waals surface area contributed by atoms with E-state index in [1.54, 1.807) is 18.5 Å². The molecule has 3 rings (SSSR count). The van der Waals surface area contributed by atoms with Crippen molar-refractivity contribution in [2.75, 3.05) is 13.1 Å². The molecule has 2 aliphatic rings. The Morgan fingerprint density at radius 3 is 2.25 bits per heavy atom. The van der Waals surface area contributed by atoms with Gasteiger partial charge in [0.05, 0.1) is 11.1 Å². The van der Waals surface area contributed by atoms with Crippen LogP contribution in [0.5, 0.6) is 0 Å². The van der Waals surface area contributed by atoms with E-state index in [2.05, 4.69) is 10.3 Å². The molecule has 5 nitrogen and oxygen atoms in total. The number of aromatic nitrogens is 1. The summed E-state index contributed by atoms with van der Waals surface area (Å²) in [5.41, 5.74) is 1.01. The van der Waals surface area contributed by atoms with Gasteiger partial charge in [0.15, 0.2) is 0 Å². The second-order valence-electron chi connectivity index (χ2n) is 6.98. The van der Waals surface area contributed by atoms with E-state index in [-0.39, 0.29) is 17.9 Å². The first-order valence-electron chi connectivity index (χ1n) is 9.29. The maximum absolute atomic E-state index is 12.7. The van der Waals surface area contributed by atoms with E-state index in [9.17, 15) is 9.59 Å². The van der Waals surface area contributed by atoms with Crippen molar-refractivity contribution in [3.8, 4) is 0 Å². The first-order valence-corrected chi connectivity index (χ1v) is 9.29. The van der Waals surface area contributed by atoms with Gasteiger partial charge in [0.25, 0.3) is 11.8 Å². The Balaban J connectivity index is 1.66. The Kier molecular flexibility index (Phi) is 5.83. The van der Waals surface area contributed by atoms with Crippen molar-refractivity contribution >= 4 is 11.8 Å². The van der Waals surface area contributed by atoms with E-state index in [0.29, 0.717) is 11.1 Å². The van der Waals surface area contributed by atoms with Crippen molar-refractivity contribution in [2.24, 2.45) is 0 Å². The SMILES string of the molecule is O=C(NC1CCCCC1)c1cncc(C(=O)N2CCCCCC2)c1. The molecule has 1 aromatic rings. The van der Waals surface area contributed by atoms with Gasteiger partial charge in [-0.3, -0.25) is 14.6 Å². The summed E-state index contributed by atoms with van der Waals surface area (Å²) in [6.45, 7) is 1.61. The highest BCUT2D eigenvalue weighted by molar-refractivity contribution is 5.99. The zero-order valence-electron chi connectivity index (χ0n) is 14.3. The summed E-state index contributed by atoms with van der Waals surface area (Å²) in [5, 5.41) is 3.09. The molecular weight excluding hydrogens is 302 g/mol. The number of pyridine rings is 1.